The number of hydrogen-bond acceptors (Lipinski definition) is 4. The second kappa shape index (κ2) is 7.90. The predicted octanol–water partition coefficient (Wildman–Crippen LogP) is 3.97. The zero-order valence-corrected chi connectivity index (χ0v) is 16.2. The van der Waals surface area contributed by atoms with Crippen LogP contribution in [0.1, 0.15) is 27.2 Å². The van der Waals surface area contributed by atoms with Crippen LogP contribution in [0, 0.1) is 0 Å². The normalized spacial score (nSPS) is 12.3. The Bertz CT molecular complexity index is 1150. The van der Waals surface area contributed by atoms with Gasteiger partial charge < -0.3 is 9.73 Å². The second-order valence-electron chi connectivity index (χ2n) is 6.64. The van der Waals surface area contributed by atoms with E-state index in [4.69, 9.17) is 4.42 Å². The number of sulfone groups is 1. The SMILES string of the molecule is CS(=O)(=O)Cc1c(C(=O)NCCc2ccccc2C(F)(F)F)oc2ccccc12. The molecule has 29 heavy (non-hydrogen) atoms. The third-order valence-corrected chi connectivity index (χ3v) is 5.13. The molecular formula is C20H18F3NO4S. The molecule has 0 unspecified atom stereocenters. The Labute approximate surface area is 165 Å². The molecule has 5 nitrogen and oxygen atoms in total. The zero-order valence-electron chi connectivity index (χ0n) is 15.4. The Hall–Kier alpha value is -2.81. The molecule has 0 saturated heterocycles. The minimum Gasteiger partial charge on any atom is -0.451 e. The number of nitrogens with one attached hydrogen (secondary N) is 1. The van der Waals surface area contributed by atoms with Gasteiger partial charge in [-0.2, -0.15) is 13.2 Å². The summed E-state index contributed by atoms with van der Waals surface area (Å²) in [5.74, 6) is -1.21. The maximum atomic E-state index is 13.1. The van der Waals surface area contributed by atoms with Gasteiger partial charge in [0.2, 0.25) is 0 Å². The van der Waals surface area contributed by atoms with Crippen LogP contribution in [0.2, 0.25) is 0 Å². The first-order valence-electron chi connectivity index (χ1n) is 8.67. The monoisotopic (exact) mass is 425 g/mol. The van der Waals surface area contributed by atoms with Crippen molar-refractivity contribution < 1.29 is 30.8 Å². The Kier molecular flexibility index (Phi) is 5.70. The molecule has 1 heterocycles. The molecule has 0 aliphatic carbocycles. The number of rotatable bonds is 6. The first-order chi connectivity index (χ1) is 13.6. The quantitative estimate of drug-likeness (QED) is 0.649. The van der Waals surface area contributed by atoms with Crippen molar-refractivity contribution in [1.82, 2.24) is 5.32 Å². The summed E-state index contributed by atoms with van der Waals surface area (Å²) in [5.41, 5.74) is -0.105. The van der Waals surface area contributed by atoms with E-state index >= 15 is 0 Å². The van der Waals surface area contributed by atoms with Gasteiger partial charge in [0.05, 0.1) is 11.3 Å². The number of benzene rings is 2. The average molecular weight is 425 g/mol. The largest absolute Gasteiger partial charge is 0.451 e. The third kappa shape index (κ3) is 4.97. The molecule has 1 N–H and O–H groups in total. The molecule has 0 saturated carbocycles. The minimum atomic E-state index is -4.48. The summed E-state index contributed by atoms with van der Waals surface area (Å²) >= 11 is 0. The van der Waals surface area contributed by atoms with Crippen molar-refractivity contribution >= 4 is 26.7 Å². The summed E-state index contributed by atoms with van der Waals surface area (Å²) in [5, 5.41) is 3.02. The summed E-state index contributed by atoms with van der Waals surface area (Å²) in [7, 11) is -3.45. The van der Waals surface area contributed by atoms with Crippen molar-refractivity contribution in [3.63, 3.8) is 0 Å². The highest BCUT2D eigenvalue weighted by atomic mass is 32.2. The minimum absolute atomic E-state index is 0.0386. The van der Waals surface area contributed by atoms with E-state index in [1.807, 2.05) is 0 Å². The molecule has 9 heteroatoms. The highest BCUT2D eigenvalue weighted by Gasteiger charge is 2.32. The smallest absolute Gasteiger partial charge is 0.416 e. The van der Waals surface area contributed by atoms with Crippen LogP contribution in [0.15, 0.2) is 52.9 Å². The topological polar surface area (TPSA) is 76.4 Å². The van der Waals surface area contributed by atoms with Gasteiger partial charge in [-0.3, -0.25) is 4.79 Å². The van der Waals surface area contributed by atoms with Gasteiger partial charge in [-0.25, -0.2) is 8.42 Å². The fourth-order valence-electron chi connectivity index (χ4n) is 3.09. The van der Waals surface area contributed by atoms with Crippen LogP contribution in [0.4, 0.5) is 13.2 Å². The van der Waals surface area contributed by atoms with E-state index < -0.39 is 27.5 Å². The van der Waals surface area contributed by atoms with Gasteiger partial charge in [0.1, 0.15) is 5.58 Å². The average Bonchev–Trinajstić information content (AvgIpc) is 2.98. The Morgan fingerprint density at radius 3 is 2.41 bits per heavy atom. The molecule has 0 aliphatic rings. The van der Waals surface area contributed by atoms with E-state index in [1.165, 1.54) is 18.2 Å². The molecular weight excluding hydrogens is 407 g/mol. The van der Waals surface area contributed by atoms with Crippen molar-refractivity contribution in [1.29, 1.82) is 0 Å². The van der Waals surface area contributed by atoms with Gasteiger partial charge >= 0.3 is 6.18 Å². The molecule has 1 aromatic heterocycles. The summed E-state index contributed by atoms with van der Waals surface area (Å²) in [6.45, 7) is -0.0682. The summed E-state index contributed by atoms with van der Waals surface area (Å²) < 4.78 is 68.3. The molecule has 3 rings (SSSR count). The van der Waals surface area contributed by atoms with Gasteiger partial charge in [0.15, 0.2) is 15.6 Å². The summed E-state index contributed by atoms with van der Waals surface area (Å²) in [6, 6.07) is 11.8. The predicted molar refractivity (Wildman–Crippen MR) is 102 cm³/mol. The van der Waals surface area contributed by atoms with Gasteiger partial charge in [-0.05, 0) is 24.1 Å². The number of furan rings is 1. The molecule has 0 aliphatic heterocycles. The molecule has 0 radical (unpaired) electrons. The lowest BCUT2D eigenvalue weighted by atomic mass is 10.0. The van der Waals surface area contributed by atoms with Gasteiger partial charge in [0.25, 0.3) is 5.91 Å². The number of alkyl halides is 3. The number of fused-ring (bicyclic) bond motifs is 1. The number of carbonyl (C=O) groups excluding carboxylic acids is 1. The Balaban J connectivity index is 1.80. The second-order valence-corrected chi connectivity index (χ2v) is 8.78. The lowest BCUT2D eigenvalue weighted by Crippen LogP contribution is -2.27. The molecule has 0 spiro atoms. The van der Waals surface area contributed by atoms with E-state index in [0.29, 0.717) is 11.0 Å². The number of amides is 1. The summed E-state index contributed by atoms with van der Waals surface area (Å²) in [6.07, 6.45) is -3.48. The first kappa shape index (κ1) is 20.9. The van der Waals surface area contributed by atoms with E-state index in [0.717, 1.165) is 12.3 Å². The standard InChI is InChI=1S/C20H18F3NO4S/c1-29(26,27)12-15-14-7-3-5-9-17(14)28-18(15)19(25)24-11-10-13-6-2-4-8-16(13)20(21,22)23/h2-9H,10-12H2,1H3,(H,24,25). The molecule has 2 aromatic carbocycles. The van der Waals surface area contributed by atoms with Crippen molar-refractivity contribution in [2.75, 3.05) is 12.8 Å². The van der Waals surface area contributed by atoms with E-state index in [1.54, 1.807) is 24.3 Å². The Morgan fingerprint density at radius 1 is 1.07 bits per heavy atom. The van der Waals surface area contributed by atoms with Crippen molar-refractivity contribution in [2.24, 2.45) is 0 Å². The van der Waals surface area contributed by atoms with Crippen molar-refractivity contribution in [3.8, 4) is 0 Å². The van der Waals surface area contributed by atoms with E-state index in [9.17, 15) is 26.4 Å². The van der Waals surface area contributed by atoms with Crippen LogP contribution in [0.3, 0.4) is 0 Å². The maximum absolute atomic E-state index is 13.1. The Morgan fingerprint density at radius 2 is 1.72 bits per heavy atom. The maximum Gasteiger partial charge on any atom is 0.416 e. The van der Waals surface area contributed by atoms with Crippen LogP contribution in [0.25, 0.3) is 11.0 Å². The third-order valence-electron chi connectivity index (χ3n) is 4.31. The first-order valence-corrected chi connectivity index (χ1v) is 10.7. The number of carbonyl (C=O) groups is 1. The molecule has 3 aromatic rings. The molecule has 0 bridgehead atoms. The van der Waals surface area contributed by atoms with Crippen LogP contribution >= 0.6 is 0 Å². The van der Waals surface area contributed by atoms with Crippen LogP contribution in [0.5, 0.6) is 0 Å². The zero-order chi connectivity index (χ0) is 21.2. The van der Waals surface area contributed by atoms with E-state index in [2.05, 4.69) is 5.32 Å². The van der Waals surface area contributed by atoms with Crippen molar-refractivity contribution in [3.05, 3.63) is 71.0 Å². The summed E-state index contributed by atoms with van der Waals surface area (Å²) in [4.78, 5) is 12.6. The van der Waals surface area contributed by atoms with Crippen molar-refractivity contribution in [2.45, 2.75) is 18.3 Å². The lowest BCUT2D eigenvalue weighted by molar-refractivity contribution is -0.138. The van der Waals surface area contributed by atoms with Crippen LogP contribution < -0.4 is 5.32 Å². The van der Waals surface area contributed by atoms with Gasteiger partial charge in [-0.1, -0.05) is 36.4 Å². The molecule has 154 valence electrons. The highest BCUT2D eigenvalue weighted by molar-refractivity contribution is 7.89. The fraction of sp³-hybridized carbons (Fsp3) is 0.250. The number of halogens is 3. The number of para-hydroxylation sites is 1. The lowest BCUT2D eigenvalue weighted by Gasteiger charge is -2.12. The van der Waals surface area contributed by atoms with Crippen LogP contribution in [-0.4, -0.2) is 27.1 Å². The van der Waals surface area contributed by atoms with E-state index in [-0.39, 0.29) is 35.6 Å². The fourth-order valence-corrected chi connectivity index (χ4v) is 3.90. The molecule has 0 atom stereocenters. The molecule has 0 fully saturated rings. The van der Waals surface area contributed by atoms with Gasteiger partial charge in [0, 0.05) is 23.8 Å². The molecule has 1 amide bonds. The van der Waals surface area contributed by atoms with Crippen LogP contribution in [-0.2, 0) is 28.2 Å². The van der Waals surface area contributed by atoms with Gasteiger partial charge in [-0.15, -0.1) is 0 Å². The highest BCUT2D eigenvalue weighted by Crippen LogP contribution is 2.32. The number of hydrogen-bond donors (Lipinski definition) is 1.